The highest BCUT2D eigenvalue weighted by Gasteiger charge is 2.57. The number of amides is 2. The zero-order valence-corrected chi connectivity index (χ0v) is 24.2. The van der Waals surface area contributed by atoms with Crippen LogP contribution >= 0.6 is 0 Å². The molecule has 0 saturated carbocycles. The van der Waals surface area contributed by atoms with E-state index >= 15 is 0 Å². The van der Waals surface area contributed by atoms with E-state index in [-0.39, 0.29) is 18.2 Å². The molecule has 4 rings (SSSR count). The number of Topliss-reactive ketones (excluding diaryl/α,β-unsaturated/α-hetero) is 1. The number of carbonyl (C=O) groups is 3. The Balaban J connectivity index is 1.80. The molecule has 2 aliphatic rings. The third-order valence-corrected chi connectivity index (χ3v) is 6.07. The van der Waals surface area contributed by atoms with Gasteiger partial charge in [0.25, 0.3) is 0 Å². The van der Waals surface area contributed by atoms with Crippen molar-refractivity contribution in [2.45, 2.75) is 117 Å². The molecule has 214 valence electrons. The molecule has 2 saturated heterocycles. The minimum Gasteiger partial charge on any atom is -0.443 e. The predicted molar refractivity (Wildman–Crippen MR) is 140 cm³/mol. The van der Waals surface area contributed by atoms with Crippen LogP contribution in [0.3, 0.4) is 0 Å². The van der Waals surface area contributed by atoms with Crippen molar-refractivity contribution in [3.8, 4) is 0 Å². The van der Waals surface area contributed by atoms with E-state index in [2.05, 4.69) is 9.97 Å². The fourth-order valence-electron chi connectivity index (χ4n) is 4.59. The highest BCUT2D eigenvalue weighted by molar-refractivity contribution is 6.08. The number of hydrogen-bond acceptors (Lipinski definition) is 10. The normalized spacial score (nSPS) is 24.5. The lowest BCUT2D eigenvalue weighted by atomic mass is 10.1. The van der Waals surface area contributed by atoms with Gasteiger partial charge in [-0.15, -0.1) is 4.90 Å². The number of fused-ring (bicyclic) bond motifs is 2. The molecule has 2 aromatic rings. The van der Waals surface area contributed by atoms with Gasteiger partial charge in [0.05, 0.1) is 5.69 Å². The second-order valence-electron chi connectivity index (χ2n) is 12.2. The van der Waals surface area contributed by atoms with E-state index in [0.29, 0.717) is 21.6 Å². The van der Waals surface area contributed by atoms with Crippen molar-refractivity contribution >= 4 is 35.0 Å². The highest BCUT2D eigenvalue weighted by atomic mass is 16.8. The summed E-state index contributed by atoms with van der Waals surface area (Å²) in [6.07, 6.45) is -2.69. The Hall–Kier alpha value is -3.09. The van der Waals surface area contributed by atoms with Crippen molar-refractivity contribution in [2.75, 3.05) is 4.90 Å². The molecule has 0 bridgehead atoms. The Labute approximate surface area is 227 Å². The van der Waals surface area contributed by atoms with Crippen molar-refractivity contribution in [3.63, 3.8) is 0 Å². The van der Waals surface area contributed by atoms with E-state index in [1.54, 1.807) is 86.1 Å². The Morgan fingerprint density at radius 1 is 1.00 bits per heavy atom. The number of carbonyl (C=O) groups excluding carboxylic acids is 3. The molecular weight excluding hydrogens is 508 g/mol. The first-order valence-electron chi connectivity index (χ1n) is 13.1. The molecule has 0 radical (unpaired) electrons. The molecule has 0 N–H and O–H groups in total. The topological polar surface area (TPSA) is 131 Å². The van der Waals surface area contributed by atoms with Gasteiger partial charge in [0.2, 0.25) is 5.95 Å². The van der Waals surface area contributed by atoms with Crippen LogP contribution < -0.4 is 4.90 Å². The predicted octanol–water partition coefficient (Wildman–Crippen LogP) is 4.81. The van der Waals surface area contributed by atoms with E-state index in [0.717, 1.165) is 0 Å². The van der Waals surface area contributed by atoms with Gasteiger partial charge < -0.3 is 28.3 Å². The third-order valence-electron chi connectivity index (χ3n) is 6.07. The van der Waals surface area contributed by atoms with Gasteiger partial charge in [0.1, 0.15) is 35.2 Å². The number of ketones is 1. The van der Waals surface area contributed by atoms with Crippen molar-refractivity contribution in [1.82, 2.24) is 14.5 Å². The van der Waals surface area contributed by atoms with Crippen molar-refractivity contribution in [1.29, 1.82) is 0 Å². The maximum absolute atomic E-state index is 13.2. The number of nitrogens with zero attached hydrogens (tertiary/aromatic N) is 4. The lowest BCUT2D eigenvalue weighted by Crippen LogP contribution is -2.44. The highest BCUT2D eigenvalue weighted by Crippen LogP contribution is 2.44. The monoisotopic (exact) mass is 546 g/mol. The summed E-state index contributed by atoms with van der Waals surface area (Å²) >= 11 is 0. The summed E-state index contributed by atoms with van der Waals surface area (Å²) in [6.45, 7) is 17.2. The fraction of sp³-hybridized carbons (Fsp3) is 0.667. The summed E-state index contributed by atoms with van der Waals surface area (Å²) < 4.78 is 31.1. The summed E-state index contributed by atoms with van der Waals surface area (Å²) in [6, 6.07) is 1.80. The van der Waals surface area contributed by atoms with Gasteiger partial charge in [-0.1, -0.05) is 6.92 Å². The molecule has 39 heavy (non-hydrogen) atoms. The zero-order valence-electron chi connectivity index (χ0n) is 24.2. The van der Waals surface area contributed by atoms with Crippen LogP contribution in [-0.4, -0.2) is 67.8 Å². The second-order valence-corrected chi connectivity index (χ2v) is 12.2. The molecule has 0 aromatic carbocycles. The Kier molecular flexibility index (Phi) is 7.28. The van der Waals surface area contributed by atoms with E-state index < -0.39 is 53.7 Å². The second kappa shape index (κ2) is 9.83. The van der Waals surface area contributed by atoms with E-state index in [9.17, 15) is 14.4 Å². The van der Waals surface area contributed by atoms with Crippen LogP contribution in [0.1, 0.15) is 80.7 Å². The van der Waals surface area contributed by atoms with Crippen LogP contribution in [-0.2, 0) is 28.5 Å². The van der Waals surface area contributed by atoms with E-state index in [4.69, 9.17) is 23.7 Å². The third kappa shape index (κ3) is 5.92. The Morgan fingerprint density at radius 3 is 2.10 bits per heavy atom. The largest absolute Gasteiger partial charge is 0.443 e. The summed E-state index contributed by atoms with van der Waals surface area (Å²) in [7, 11) is 0. The van der Waals surface area contributed by atoms with Crippen molar-refractivity contribution in [3.05, 3.63) is 18.0 Å². The SMILES string of the molecule is CCC(=O)[C@H]1O[C@@H](n2ccc3c(C)nc(N(C(=O)OC(C)(C)C)C(=O)OC(C)(C)C)nc32)[C@@H]2OC(C)(C)O[C@@H]21. The molecule has 12 heteroatoms. The average Bonchev–Trinajstić information content (AvgIpc) is 3.41. The Bertz CT molecular complexity index is 1260. The average molecular weight is 547 g/mol. The molecule has 2 aromatic heterocycles. The number of aromatic nitrogens is 3. The lowest BCUT2D eigenvalue weighted by molar-refractivity contribution is -0.196. The molecule has 12 nitrogen and oxygen atoms in total. The van der Waals surface area contributed by atoms with Gasteiger partial charge in [-0.2, -0.15) is 4.98 Å². The summed E-state index contributed by atoms with van der Waals surface area (Å²) in [5, 5.41) is 0.663. The van der Waals surface area contributed by atoms with Crippen LogP contribution in [0.2, 0.25) is 0 Å². The molecule has 4 atom stereocenters. The molecule has 2 amide bonds. The first-order valence-corrected chi connectivity index (χ1v) is 13.1. The summed E-state index contributed by atoms with van der Waals surface area (Å²) in [5.41, 5.74) is -0.907. The number of anilines is 1. The molecule has 2 aliphatic heterocycles. The maximum Gasteiger partial charge on any atom is 0.427 e. The molecular formula is C27H38N4O8. The van der Waals surface area contributed by atoms with Crippen molar-refractivity contribution in [2.24, 2.45) is 0 Å². The number of rotatable bonds is 4. The molecule has 0 spiro atoms. The van der Waals surface area contributed by atoms with Gasteiger partial charge in [-0.05, 0) is 68.4 Å². The van der Waals surface area contributed by atoms with Crippen LogP contribution in [0.15, 0.2) is 12.3 Å². The number of ether oxygens (including phenoxy) is 5. The quantitative estimate of drug-likeness (QED) is 0.526. The summed E-state index contributed by atoms with van der Waals surface area (Å²) in [5.74, 6) is -1.23. The first-order chi connectivity index (χ1) is 17.9. The number of imide groups is 1. The smallest absolute Gasteiger partial charge is 0.427 e. The van der Waals surface area contributed by atoms with Crippen LogP contribution in [0.25, 0.3) is 11.0 Å². The zero-order chi connectivity index (χ0) is 29.1. The van der Waals surface area contributed by atoms with Crippen LogP contribution in [0.5, 0.6) is 0 Å². The molecule has 4 heterocycles. The van der Waals surface area contributed by atoms with Crippen LogP contribution in [0.4, 0.5) is 15.5 Å². The van der Waals surface area contributed by atoms with Crippen LogP contribution in [0, 0.1) is 6.92 Å². The van der Waals surface area contributed by atoms with E-state index in [1.165, 1.54) is 0 Å². The van der Waals surface area contributed by atoms with Gasteiger partial charge in [0.15, 0.2) is 17.8 Å². The number of aryl methyl sites for hydroxylation is 1. The molecule has 0 unspecified atom stereocenters. The first kappa shape index (κ1) is 28.9. The maximum atomic E-state index is 13.2. The molecule has 0 aliphatic carbocycles. The molecule has 2 fully saturated rings. The standard InChI is InChI=1S/C27H38N4O8/c1-11-16(32)17-18-19(37-27(9,10)36-18)21(35-17)30-13-12-15-14(2)28-22(29-20(15)30)31(23(33)38-25(3,4)5)24(34)39-26(6,7)8/h12-13,17-19,21H,11H2,1-10H3/t17-,18-,19-,21-/m1/s1. The van der Waals surface area contributed by atoms with E-state index in [1.807, 2.05) is 0 Å². The van der Waals surface area contributed by atoms with Crippen molar-refractivity contribution < 1.29 is 38.1 Å². The van der Waals surface area contributed by atoms with Gasteiger partial charge in [-0.25, -0.2) is 14.6 Å². The van der Waals surface area contributed by atoms with Gasteiger partial charge in [-0.3, -0.25) is 4.79 Å². The number of hydrogen-bond donors (Lipinski definition) is 0. The van der Waals surface area contributed by atoms with Gasteiger partial charge in [0, 0.05) is 18.0 Å². The fourth-order valence-corrected chi connectivity index (χ4v) is 4.59. The van der Waals surface area contributed by atoms with Gasteiger partial charge >= 0.3 is 12.2 Å². The Morgan fingerprint density at radius 2 is 1.56 bits per heavy atom. The summed E-state index contributed by atoms with van der Waals surface area (Å²) in [4.78, 5) is 48.8. The lowest BCUT2D eigenvalue weighted by Gasteiger charge is -2.28. The minimum absolute atomic E-state index is 0.0993. The minimum atomic E-state index is -0.978.